The van der Waals surface area contributed by atoms with Crippen LogP contribution in [0.15, 0.2) is 55.6 Å². The molecule has 0 atom stereocenters. The minimum absolute atomic E-state index is 0.722. The van der Waals surface area contributed by atoms with Gasteiger partial charge in [0.2, 0.25) is 7.37 Å². The molecule has 0 saturated carbocycles. The van der Waals surface area contributed by atoms with Gasteiger partial charge < -0.3 is 4.52 Å². The van der Waals surface area contributed by atoms with Crippen LogP contribution in [-0.4, -0.2) is 12.3 Å². The largest absolute Gasteiger partial charge is 0.443 e. The number of rotatable bonds is 22. The Bertz CT molecular complexity index is 566. The molecule has 0 aromatic heterocycles. The summed E-state index contributed by atoms with van der Waals surface area (Å²) in [6.07, 6.45) is 24.9. The van der Waals surface area contributed by atoms with Crippen molar-refractivity contribution in [1.29, 1.82) is 0 Å². The standard InChI is InChI=1S/C28H47O2P/c1-3-5-7-9-11-13-15-17-22-26-31(29,30-28-24-20-19-21-25-28)27-23-18-16-14-12-10-8-6-4-2/h3-4,19-21,24-25H,1-2,5-18,22-23,26-27H2. The van der Waals surface area contributed by atoms with Crippen LogP contribution >= 0.6 is 7.37 Å². The summed E-state index contributed by atoms with van der Waals surface area (Å²) in [6.45, 7) is 7.56. The quantitative estimate of drug-likeness (QED) is 0.101. The summed E-state index contributed by atoms with van der Waals surface area (Å²) in [5.74, 6) is 0.760. The van der Waals surface area contributed by atoms with Crippen molar-refractivity contribution in [2.24, 2.45) is 0 Å². The average Bonchev–Trinajstić information content (AvgIpc) is 2.77. The smallest absolute Gasteiger partial charge is 0.247 e. The van der Waals surface area contributed by atoms with E-state index < -0.39 is 7.37 Å². The molecule has 0 bridgehead atoms. The number of para-hydroxylation sites is 1. The Morgan fingerprint density at radius 2 is 1.00 bits per heavy atom. The zero-order valence-corrected chi connectivity index (χ0v) is 20.8. The highest BCUT2D eigenvalue weighted by atomic mass is 31.2. The number of hydrogen-bond acceptors (Lipinski definition) is 2. The second kappa shape index (κ2) is 19.4. The summed E-state index contributed by atoms with van der Waals surface area (Å²) in [6, 6.07) is 9.75. The Hall–Kier alpha value is -1.27. The summed E-state index contributed by atoms with van der Waals surface area (Å²) < 4.78 is 19.6. The van der Waals surface area contributed by atoms with Crippen molar-refractivity contribution in [3.8, 4) is 5.75 Å². The number of unbranched alkanes of at least 4 members (excludes halogenated alkanes) is 14. The number of hydrogen-bond donors (Lipinski definition) is 0. The van der Waals surface area contributed by atoms with Gasteiger partial charge in [-0.3, -0.25) is 4.57 Å². The molecule has 0 amide bonds. The minimum Gasteiger partial charge on any atom is -0.443 e. The maximum Gasteiger partial charge on any atom is 0.247 e. The minimum atomic E-state index is -2.60. The van der Waals surface area contributed by atoms with Gasteiger partial charge in [-0.25, -0.2) is 0 Å². The maximum absolute atomic E-state index is 13.6. The molecule has 1 aromatic carbocycles. The fourth-order valence-electron chi connectivity index (χ4n) is 3.93. The van der Waals surface area contributed by atoms with E-state index in [-0.39, 0.29) is 0 Å². The molecule has 0 N–H and O–H groups in total. The summed E-state index contributed by atoms with van der Waals surface area (Å²) in [4.78, 5) is 0. The Labute approximate surface area is 193 Å². The maximum atomic E-state index is 13.6. The van der Waals surface area contributed by atoms with Crippen LogP contribution in [0.5, 0.6) is 5.75 Å². The van der Waals surface area contributed by atoms with E-state index in [1.54, 1.807) is 0 Å². The molecule has 2 nitrogen and oxygen atoms in total. The van der Waals surface area contributed by atoms with Crippen LogP contribution in [0.3, 0.4) is 0 Å². The van der Waals surface area contributed by atoms with Crippen molar-refractivity contribution in [3.63, 3.8) is 0 Å². The first-order valence-electron chi connectivity index (χ1n) is 12.7. The van der Waals surface area contributed by atoms with E-state index in [0.717, 1.165) is 56.6 Å². The Morgan fingerprint density at radius 1 is 0.613 bits per heavy atom. The van der Waals surface area contributed by atoms with Gasteiger partial charge in [0.25, 0.3) is 0 Å². The average molecular weight is 447 g/mol. The third-order valence-electron chi connectivity index (χ3n) is 5.83. The van der Waals surface area contributed by atoms with E-state index in [1.807, 2.05) is 42.5 Å². The van der Waals surface area contributed by atoms with Gasteiger partial charge in [0.15, 0.2) is 0 Å². The van der Waals surface area contributed by atoms with Crippen molar-refractivity contribution in [3.05, 3.63) is 55.6 Å². The number of allylic oxidation sites excluding steroid dienone is 2. The van der Waals surface area contributed by atoms with Crippen molar-refractivity contribution in [2.75, 3.05) is 12.3 Å². The molecule has 0 heterocycles. The summed E-state index contributed by atoms with van der Waals surface area (Å²) in [7, 11) is -2.60. The van der Waals surface area contributed by atoms with Crippen LogP contribution in [0.1, 0.15) is 103 Å². The lowest BCUT2D eigenvalue weighted by molar-refractivity contribution is 0.472. The first kappa shape index (κ1) is 27.8. The molecule has 0 aliphatic heterocycles. The summed E-state index contributed by atoms with van der Waals surface area (Å²) in [5.41, 5.74) is 0. The van der Waals surface area contributed by atoms with Crippen molar-refractivity contribution in [1.82, 2.24) is 0 Å². The fraction of sp³-hybridized carbons (Fsp3) is 0.643. The topological polar surface area (TPSA) is 26.3 Å². The van der Waals surface area contributed by atoms with Crippen LogP contribution in [0, 0.1) is 0 Å². The normalized spacial score (nSPS) is 11.4. The van der Waals surface area contributed by atoms with E-state index in [2.05, 4.69) is 13.2 Å². The monoisotopic (exact) mass is 446 g/mol. The first-order chi connectivity index (χ1) is 15.2. The lowest BCUT2D eigenvalue weighted by Crippen LogP contribution is -2.03. The molecule has 0 aliphatic rings. The molecule has 0 aliphatic carbocycles. The highest BCUT2D eigenvalue weighted by molar-refractivity contribution is 7.59. The van der Waals surface area contributed by atoms with E-state index in [1.165, 1.54) is 64.2 Å². The second-order valence-electron chi connectivity index (χ2n) is 8.77. The van der Waals surface area contributed by atoms with Gasteiger partial charge in [-0.2, -0.15) is 0 Å². The van der Waals surface area contributed by atoms with Crippen LogP contribution in [0.4, 0.5) is 0 Å². The summed E-state index contributed by atoms with van der Waals surface area (Å²) >= 11 is 0. The van der Waals surface area contributed by atoms with Gasteiger partial charge in [0.05, 0.1) is 0 Å². The molecule has 0 fully saturated rings. The lowest BCUT2D eigenvalue weighted by Gasteiger charge is -2.20. The van der Waals surface area contributed by atoms with Crippen LogP contribution in [0.2, 0.25) is 0 Å². The third kappa shape index (κ3) is 16.1. The van der Waals surface area contributed by atoms with Gasteiger partial charge >= 0.3 is 0 Å². The molecular formula is C28H47O2P. The van der Waals surface area contributed by atoms with Gasteiger partial charge in [-0.05, 0) is 50.7 Å². The predicted molar refractivity (Wildman–Crippen MR) is 139 cm³/mol. The highest BCUT2D eigenvalue weighted by Crippen LogP contribution is 2.49. The van der Waals surface area contributed by atoms with E-state index in [4.69, 9.17) is 4.52 Å². The third-order valence-corrected chi connectivity index (χ3v) is 8.37. The SMILES string of the molecule is C=CCCCCCCCCCP(=O)(CCCCCCCCCC=C)Oc1ccccc1. The van der Waals surface area contributed by atoms with Crippen LogP contribution in [-0.2, 0) is 4.57 Å². The molecule has 0 saturated heterocycles. The van der Waals surface area contributed by atoms with Crippen molar-refractivity contribution >= 4 is 7.37 Å². The molecule has 1 aromatic rings. The van der Waals surface area contributed by atoms with Gasteiger partial charge in [-0.1, -0.05) is 94.6 Å². The molecule has 176 valence electrons. The van der Waals surface area contributed by atoms with Gasteiger partial charge in [0.1, 0.15) is 5.75 Å². The van der Waals surface area contributed by atoms with Crippen LogP contribution < -0.4 is 4.52 Å². The first-order valence-corrected chi connectivity index (χ1v) is 14.7. The molecule has 0 unspecified atom stereocenters. The van der Waals surface area contributed by atoms with E-state index >= 15 is 0 Å². The van der Waals surface area contributed by atoms with E-state index in [9.17, 15) is 4.57 Å². The van der Waals surface area contributed by atoms with Crippen molar-refractivity contribution < 1.29 is 9.09 Å². The predicted octanol–water partition coefficient (Wildman–Crippen LogP) is 9.96. The van der Waals surface area contributed by atoms with Crippen LogP contribution in [0.25, 0.3) is 0 Å². The lowest BCUT2D eigenvalue weighted by atomic mass is 10.1. The second-order valence-corrected chi connectivity index (χ2v) is 11.5. The zero-order valence-electron chi connectivity index (χ0n) is 19.9. The Balaban J connectivity index is 2.28. The number of benzene rings is 1. The Kier molecular flexibility index (Phi) is 17.4. The Morgan fingerprint density at radius 3 is 1.42 bits per heavy atom. The van der Waals surface area contributed by atoms with Crippen molar-refractivity contribution in [2.45, 2.75) is 103 Å². The fourth-order valence-corrected chi connectivity index (χ4v) is 6.25. The highest BCUT2D eigenvalue weighted by Gasteiger charge is 2.23. The molecule has 31 heavy (non-hydrogen) atoms. The molecule has 0 radical (unpaired) electrons. The zero-order chi connectivity index (χ0) is 22.5. The molecule has 3 heteroatoms. The summed E-state index contributed by atoms with van der Waals surface area (Å²) in [5, 5.41) is 0. The van der Waals surface area contributed by atoms with Gasteiger partial charge in [0, 0.05) is 12.3 Å². The molecular weight excluding hydrogens is 399 g/mol. The molecule has 0 spiro atoms. The van der Waals surface area contributed by atoms with Gasteiger partial charge in [-0.15, -0.1) is 13.2 Å². The van der Waals surface area contributed by atoms with E-state index in [0.29, 0.717) is 0 Å². The molecule has 1 rings (SSSR count).